The molecule has 0 atom stereocenters. The highest BCUT2D eigenvalue weighted by Crippen LogP contribution is 2.32. The fourth-order valence-corrected chi connectivity index (χ4v) is 2.76. The molecule has 2 heterocycles. The molecule has 0 saturated carbocycles. The molecule has 0 amide bonds. The van der Waals surface area contributed by atoms with Crippen molar-refractivity contribution >= 4 is 33.0 Å². The summed E-state index contributed by atoms with van der Waals surface area (Å²) in [6.07, 6.45) is 1.68. The van der Waals surface area contributed by atoms with Gasteiger partial charge in [0.25, 0.3) is 0 Å². The molecule has 0 fully saturated rings. The summed E-state index contributed by atoms with van der Waals surface area (Å²) in [6.45, 7) is 0. The first-order valence-corrected chi connectivity index (χ1v) is 6.05. The van der Waals surface area contributed by atoms with Crippen molar-refractivity contribution in [2.45, 2.75) is 0 Å². The number of thiophene rings is 1. The predicted molar refractivity (Wildman–Crippen MR) is 67.9 cm³/mol. The number of rotatable bonds is 1. The van der Waals surface area contributed by atoms with E-state index in [9.17, 15) is 0 Å². The molecule has 0 aliphatic carbocycles. The molecule has 3 aromatic rings. The number of aromatic nitrogens is 2. The van der Waals surface area contributed by atoms with Crippen LogP contribution in [0, 0.1) is 0 Å². The van der Waals surface area contributed by atoms with E-state index in [2.05, 4.69) is 27.5 Å². The van der Waals surface area contributed by atoms with Gasteiger partial charge < -0.3 is 0 Å². The van der Waals surface area contributed by atoms with Crippen LogP contribution in [-0.2, 0) is 0 Å². The molecule has 0 spiro atoms. The van der Waals surface area contributed by atoms with Crippen LogP contribution in [0.25, 0.3) is 21.3 Å². The van der Waals surface area contributed by atoms with Gasteiger partial charge in [0.2, 0.25) is 5.28 Å². The van der Waals surface area contributed by atoms with Crippen LogP contribution in [0.2, 0.25) is 5.28 Å². The Kier molecular flexibility index (Phi) is 2.35. The Morgan fingerprint density at radius 1 is 1.12 bits per heavy atom. The van der Waals surface area contributed by atoms with Crippen molar-refractivity contribution in [3.05, 3.63) is 47.2 Å². The molecular formula is C12H7ClN2S. The van der Waals surface area contributed by atoms with E-state index in [4.69, 9.17) is 11.6 Å². The summed E-state index contributed by atoms with van der Waals surface area (Å²) >= 11 is 7.51. The van der Waals surface area contributed by atoms with Crippen molar-refractivity contribution in [3.63, 3.8) is 0 Å². The van der Waals surface area contributed by atoms with Gasteiger partial charge in [0.05, 0.1) is 5.69 Å². The Morgan fingerprint density at radius 2 is 2.00 bits per heavy atom. The topological polar surface area (TPSA) is 25.8 Å². The zero-order valence-electron chi connectivity index (χ0n) is 8.22. The van der Waals surface area contributed by atoms with Gasteiger partial charge in [-0.2, -0.15) is 0 Å². The highest BCUT2D eigenvalue weighted by Gasteiger charge is 2.07. The third-order valence-corrected chi connectivity index (χ3v) is 3.53. The van der Waals surface area contributed by atoms with E-state index in [1.165, 1.54) is 10.1 Å². The number of nitrogens with zero attached hydrogens (tertiary/aromatic N) is 2. The van der Waals surface area contributed by atoms with Gasteiger partial charge in [0.15, 0.2) is 0 Å². The number of benzene rings is 1. The van der Waals surface area contributed by atoms with Gasteiger partial charge in [-0.3, -0.25) is 0 Å². The van der Waals surface area contributed by atoms with Gasteiger partial charge >= 0.3 is 0 Å². The van der Waals surface area contributed by atoms with Crippen LogP contribution in [0.5, 0.6) is 0 Å². The minimum Gasteiger partial charge on any atom is -0.226 e. The molecule has 2 nitrogen and oxygen atoms in total. The zero-order valence-corrected chi connectivity index (χ0v) is 9.79. The number of hydrogen-bond donors (Lipinski definition) is 0. The smallest absolute Gasteiger partial charge is 0.222 e. The van der Waals surface area contributed by atoms with Gasteiger partial charge in [0.1, 0.15) is 0 Å². The molecular weight excluding hydrogens is 240 g/mol. The van der Waals surface area contributed by atoms with Crippen molar-refractivity contribution in [3.8, 4) is 11.3 Å². The molecule has 16 heavy (non-hydrogen) atoms. The van der Waals surface area contributed by atoms with Gasteiger partial charge in [-0.15, -0.1) is 11.3 Å². The fraction of sp³-hybridized carbons (Fsp3) is 0. The Balaban J connectivity index is 2.26. The Morgan fingerprint density at radius 3 is 2.88 bits per heavy atom. The maximum atomic E-state index is 5.79. The van der Waals surface area contributed by atoms with E-state index in [0.29, 0.717) is 0 Å². The van der Waals surface area contributed by atoms with Crippen LogP contribution < -0.4 is 0 Å². The first-order valence-electron chi connectivity index (χ1n) is 4.80. The van der Waals surface area contributed by atoms with Gasteiger partial charge in [-0.1, -0.05) is 18.2 Å². The molecule has 0 bridgehead atoms. The van der Waals surface area contributed by atoms with Gasteiger partial charge in [-0.05, 0) is 23.7 Å². The first-order chi connectivity index (χ1) is 7.84. The Bertz CT molecular complexity index is 648. The van der Waals surface area contributed by atoms with Gasteiger partial charge in [-0.25, -0.2) is 9.97 Å². The standard InChI is InChI=1S/C12H7ClN2S/c13-12-14-6-5-10(15-12)9-7-16-11-4-2-1-3-8(9)11/h1-7H. The SMILES string of the molecule is Clc1nccc(-c2csc3ccccc23)n1. The third kappa shape index (κ3) is 1.58. The van der Waals surface area contributed by atoms with Gasteiger partial charge in [0, 0.05) is 27.2 Å². The van der Waals surface area contributed by atoms with Crippen LogP contribution in [-0.4, -0.2) is 9.97 Å². The molecule has 0 N–H and O–H groups in total. The molecule has 3 rings (SSSR count). The fourth-order valence-electron chi connectivity index (χ4n) is 1.66. The second kappa shape index (κ2) is 3.85. The van der Waals surface area contributed by atoms with Crippen molar-refractivity contribution in [2.75, 3.05) is 0 Å². The molecule has 0 unspecified atom stereocenters. The van der Waals surface area contributed by atoms with E-state index in [1.807, 2.05) is 18.2 Å². The second-order valence-electron chi connectivity index (χ2n) is 3.36. The average molecular weight is 247 g/mol. The number of hydrogen-bond acceptors (Lipinski definition) is 3. The van der Waals surface area contributed by atoms with Crippen molar-refractivity contribution in [1.29, 1.82) is 0 Å². The van der Waals surface area contributed by atoms with E-state index in [-0.39, 0.29) is 5.28 Å². The average Bonchev–Trinajstić information content (AvgIpc) is 2.72. The van der Waals surface area contributed by atoms with Crippen molar-refractivity contribution < 1.29 is 0 Å². The molecule has 0 saturated heterocycles. The van der Waals surface area contributed by atoms with Crippen LogP contribution in [0.1, 0.15) is 0 Å². The monoisotopic (exact) mass is 246 g/mol. The largest absolute Gasteiger partial charge is 0.226 e. The minimum absolute atomic E-state index is 0.285. The quantitative estimate of drug-likeness (QED) is 0.607. The molecule has 4 heteroatoms. The maximum Gasteiger partial charge on any atom is 0.222 e. The summed E-state index contributed by atoms with van der Waals surface area (Å²) in [7, 11) is 0. The van der Waals surface area contributed by atoms with E-state index >= 15 is 0 Å². The molecule has 78 valence electrons. The third-order valence-electron chi connectivity index (χ3n) is 2.38. The summed E-state index contributed by atoms with van der Waals surface area (Å²) in [5, 5.41) is 3.60. The van der Waals surface area contributed by atoms with Crippen LogP contribution in [0.15, 0.2) is 41.9 Å². The Hall–Kier alpha value is -1.45. The van der Waals surface area contributed by atoms with Crippen LogP contribution in [0.3, 0.4) is 0 Å². The van der Waals surface area contributed by atoms with Crippen molar-refractivity contribution in [1.82, 2.24) is 9.97 Å². The molecule has 2 aromatic heterocycles. The number of halogens is 1. The van der Waals surface area contributed by atoms with Crippen molar-refractivity contribution in [2.24, 2.45) is 0 Å². The molecule has 1 aromatic carbocycles. The zero-order chi connectivity index (χ0) is 11.0. The minimum atomic E-state index is 0.285. The molecule has 0 radical (unpaired) electrons. The highest BCUT2D eigenvalue weighted by atomic mass is 35.5. The normalized spacial score (nSPS) is 10.8. The van der Waals surface area contributed by atoms with Crippen LogP contribution >= 0.6 is 22.9 Å². The summed E-state index contributed by atoms with van der Waals surface area (Å²) < 4.78 is 1.26. The highest BCUT2D eigenvalue weighted by molar-refractivity contribution is 7.17. The lowest BCUT2D eigenvalue weighted by Gasteiger charge is -1.98. The lowest BCUT2D eigenvalue weighted by Crippen LogP contribution is -1.84. The summed E-state index contributed by atoms with van der Waals surface area (Å²) in [5.41, 5.74) is 1.99. The van der Waals surface area contributed by atoms with Crippen LogP contribution in [0.4, 0.5) is 0 Å². The summed E-state index contributed by atoms with van der Waals surface area (Å²) in [5.74, 6) is 0. The predicted octanol–water partition coefficient (Wildman–Crippen LogP) is 4.01. The summed E-state index contributed by atoms with van der Waals surface area (Å²) in [4.78, 5) is 8.11. The number of fused-ring (bicyclic) bond motifs is 1. The lowest BCUT2D eigenvalue weighted by molar-refractivity contribution is 1.18. The first kappa shape index (κ1) is 9.75. The molecule has 0 aliphatic rings. The molecule has 0 aliphatic heterocycles. The van der Waals surface area contributed by atoms with E-state index in [1.54, 1.807) is 17.5 Å². The van der Waals surface area contributed by atoms with E-state index in [0.717, 1.165) is 11.3 Å². The van der Waals surface area contributed by atoms with E-state index < -0.39 is 0 Å². The Labute approximate surface area is 102 Å². The second-order valence-corrected chi connectivity index (χ2v) is 4.61. The maximum absolute atomic E-state index is 5.79. The summed E-state index contributed by atoms with van der Waals surface area (Å²) in [6, 6.07) is 10.1. The lowest BCUT2D eigenvalue weighted by atomic mass is 10.1.